The summed E-state index contributed by atoms with van der Waals surface area (Å²) in [7, 11) is 0. The Hall–Kier alpha value is -0.520. The van der Waals surface area contributed by atoms with Gasteiger partial charge in [-0.25, -0.2) is 0 Å². The van der Waals surface area contributed by atoms with Gasteiger partial charge in [-0.2, -0.15) is 0 Å². The summed E-state index contributed by atoms with van der Waals surface area (Å²) < 4.78 is 0. The van der Waals surface area contributed by atoms with Gasteiger partial charge in [-0.1, -0.05) is 5.92 Å². The number of Topliss-reactive ketones (excluding diaryl/α,β-unsaturated/α-hetero) is 1. The van der Waals surface area contributed by atoms with Gasteiger partial charge in [0.1, 0.15) is 5.78 Å². The number of hydrogen-bond acceptors (Lipinski definition) is 2. The van der Waals surface area contributed by atoms with Crippen LogP contribution in [0.25, 0.3) is 0 Å². The zero-order valence-corrected chi connectivity index (χ0v) is 10.5. The Balaban J connectivity index is 0.00000128. The lowest BCUT2D eigenvalue weighted by Crippen LogP contribution is -2.19. The summed E-state index contributed by atoms with van der Waals surface area (Å²) in [4.78, 5) is 13.7. The molecule has 16 heavy (non-hydrogen) atoms. The van der Waals surface area contributed by atoms with Crippen LogP contribution >= 0.6 is 12.4 Å². The number of ketones is 1. The normalized spacial score (nSPS) is 25.0. The van der Waals surface area contributed by atoms with Crippen molar-refractivity contribution in [2.45, 2.75) is 38.5 Å². The Morgan fingerprint density at radius 3 is 2.56 bits per heavy atom. The first-order valence-corrected chi connectivity index (χ1v) is 6.07. The molecule has 0 amide bonds. The fourth-order valence-electron chi connectivity index (χ4n) is 2.41. The zero-order valence-electron chi connectivity index (χ0n) is 9.71. The van der Waals surface area contributed by atoms with Crippen molar-refractivity contribution in [3.05, 3.63) is 0 Å². The SMILES string of the molecule is Cl.O=C1CCCC1CC#CCN1CCCC1. The van der Waals surface area contributed by atoms with E-state index in [0.717, 1.165) is 32.2 Å². The van der Waals surface area contributed by atoms with Crippen LogP contribution in [0.2, 0.25) is 0 Å². The van der Waals surface area contributed by atoms with Crippen LogP contribution in [0.15, 0.2) is 0 Å². The lowest BCUT2D eigenvalue weighted by Gasteiger charge is -2.08. The lowest BCUT2D eigenvalue weighted by molar-refractivity contribution is -0.120. The van der Waals surface area contributed by atoms with E-state index < -0.39 is 0 Å². The number of nitrogens with zero attached hydrogens (tertiary/aromatic N) is 1. The van der Waals surface area contributed by atoms with E-state index in [1.807, 2.05) is 0 Å². The minimum absolute atomic E-state index is 0. The zero-order chi connectivity index (χ0) is 10.5. The van der Waals surface area contributed by atoms with Crippen LogP contribution in [-0.2, 0) is 4.79 Å². The number of likely N-dealkylation sites (tertiary alicyclic amines) is 1. The van der Waals surface area contributed by atoms with E-state index in [1.165, 1.54) is 25.9 Å². The van der Waals surface area contributed by atoms with Gasteiger partial charge in [0, 0.05) is 18.8 Å². The highest BCUT2D eigenvalue weighted by atomic mass is 35.5. The molecule has 1 aliphatic carbocycles. The van der Waals surface area contributed by atoms with Crippen LogP contribution in [0.5, 0.6) is 0 Å². The molecule has 1 heterocycles. The fourth-order valence-corrected chi connectivity index (χ4v) is 2.41. The van der Waals surface area contributed by atoms with Gasteiger partial charge in [0.2, 0.25) is 0 Å². The first kappa shape index (κ1) is 13.5. The Morgan fingerprint density at radius 2 is 1.94 bits per heavy atom. The second-order valence-corrected chi connectivity index (χ2v) is 4.60. The molecular formula is C13H20ClNO. The van der Waals surface area contributed by atoms with Crippen molar-refractivity contribution in [3.63, 3.8) is 0 Å². The van der Waals surface area contributed by atoms with E-state index >= 15 is 0 Å². The minimum atomic E-state index is 0. The van der Waals surface area contributed by atoms with Crippen molar-refractivity contribution in [1.29, 1.82) is 0 Å². The van der Waals surface area contributed by atoms with Crippen molar-refractivity contribution < 1.29 is 4.79 Å². The Morgan fingerprint density at radius 1 is 1.19 bits per heavy atom. The van der Waals surface area contributed by atoms with E-state index in [-0.39, 0.29) is 18.3 Å². The van der Waals surface area contributed by atoms with Gasteiger partial charge in [0.15, 0.2) is 0 Å². The molecule has 0 spiro atoms. The van der Waals surface area contributed by atoms with Crippen molar-refractivity contribution in [1.82, 2.24) is 4.90 Å². The fraction of sp³-hybridized carbons (Fsp3) is 0.769. The number of carbonyl (C=O) groups excluding carboxylic acids is 1. The maximum absolute atomic E-state index is 11.3. The highest BCUT2D eigenvalue weighted by molar-refractivity contribution is 5.85. The number of hydrogen-bond donors (Lipinski definition) is 0. The number of carbonyl (C=O) groups is 1. The quantitative estimate of drug-likeness (QED) is 0.692. The average Bonchev–Trinajstić information content (AvgIpc) is 2.85. The van der Waals surface area contributed by atoms with Crippen molar-refractivity contribution in [2.24, 2.45) is 5.92 Å². The molecule has 0 aromatic heterocycles. The van der Waals surface area contributed by atoms with Gasteiger partial charge < -0.3 is 0 Å². The maximum Gasteiger partial charge on any atom is 0.136 e. The molecule has 2 rings (SSSR count). The average molecular weight is 242 g/mol. The van der Waals surface area contributed by atoms with Gasteiger partial charge in [0.25, 0.3) is 0 Å². The predicted octanol–water partition coefficient (Wildman–Crippen LogP) is 2.27. The van der Waals surface area contributed by atoms with Crippen LogP contribution in [-0.4, -0.2) is 30.3 Å². The summed E-state index contributed by atoms with van der Waals surface area (Å²) in [5.41, 5.74) is 0. The molecule has 2 nitrogen and oxygen atoms in total. The standard InChI is InChI=1S/C13H19NO.ClH/c15-13-8-5-7-12(13)6-1-2-9-14-10-3-4-11-14;/h12H,3-11H2;1H. The summed E-state index contributed by atoms with van der Waals surface area (Å²) in [6.07, 6.45) is 6.38. The maximum atomic E-state index is 11.3. The summed E-state index contributed by atoms with van der Waals surface area (Å²) >= 11 is 0. The van der Waals surface area contributed by atoms with Crippen LogP contribution in [0.4, 0.5) is 0 Å². The van der Waals surface area contributed by atoms with Crippen molar-refractivity contribution >= 4 is 18.2 Å². The van der Waals surface area contributed by atoms with Gasteiger partial charge in [0.05, 0.1) is 6.54 Å². The van der Waals surface area contributed by atoms with Gasteiger partial charge in [-0.15, -0.1) is 18.3 Å². The molecule has 1 unspecified atom stereocenters. The molecule has 2 fully saturated rings. The molecule has 1 aliphatic heterocycles. The summed E-state index contributed by atoms with van der Waals surface area (Å²) in [5, 5.41) is 0. The van der Waals surface area contributed by atoms with E-state index in [4.69, 9.17) is 0 Å². The third-order valence-electron chi connectivity index (χ3n) is 3.41. The molecule has 1 atom stereocenters. The predicted molar refractivity (Wildman–Crippen MR) is 67.7 cm³/mol. The van der Waals surface area contributed by atoms with E-state index in [1.54, 1.807) is 0 Å². The second kappa shape index (κ2) is 6.93. The van der Waals surface area contributed by atoms with Crippen molar-refractivity contribution in [3.8, 4) is 11.8 Å². The van der Waals surface area contributed by atoms with Gasteiger partial charge >= 0.3 is 0 Å². The molecule has 0 N–H and O–H groups in total. The highest BCUT2D eigenvalue weighted by Gasteiger charge is 2.22. The molecule has 0 aromatic carbocycles. The molecule has 90 valence electrons. The molecule has 0 aromatic rings. The lowest BCUT2D eigenvalue weighted by atomic mass is 10.0. The van der Waals surface area contributed by atoms with E-state index in [9.17, 15) is 4.79 Å². The monoisotopic (exact) mass is 241 g/mol. The van der Waals surface area contributed by atoms with Crippen molar-refractivity contribution in [2.75, 3.05) is 19.6 Å². The molecule has 1 saturated carbocycles. The molecule has 0 bridgehead atoms. The first-order valence-electron chi connectivity index (χ1n) is 6.07. The first-order chi connectivity index (χ1) is 7.36. The number of rotatable bonds is 2. The van der Waals surface area contributed by atoms with Crippen LogP contribution < -0.4 is 0 Å². The smallest absolute Gasteiger partial charge is 0.136 e. The third-order valence-corrected chi connectivity index (χ3v) is 3.41. The highest BCUT2D eigenvalue weighted by Crippen LogP contribution is 2.23. The minimum Gasteiger partial charge on any atom is -0.299 e. The summed E-state index contributed by atoms with van der Waals surface area (Å²) in [6.45, 7) is 3.31. The van der Waals surface area contributed by atoms with Crippen LogP contribution in [0.3, 0.4) is 0 Å². The molecule has 3 heteroatoms. The van der Waals surface area contributed by atoms with Gasteiger partial charge in [-0.3, -0.25) is 9.69 Å². The number of halogens is 1. The summed E-state index contributed by atoms with van der Waals surface area (Å²) in [5.74, 6) is 7.07. The largest absolute Gasteiger partial charge is 0.299 e. The van der Waals surface area contributed by atoms with Gasteiger partial charge in [-0.05, 0) is 38.8 Å². The Labute approximate surface area is 104 Å². The molecule has 1 saturated heterocycles. The molecule has 2 aliphatic rings. The van der Waals surface area contributed by atoms with Crippen LogP contribution in [0.1, 0.15) is 38.5 Å². The van der Waals surface area contributed by atoms with Crippen LogP contribution in [0, 0.1) is 17.8 Å². The third kappa shape index (κ3) is 3.81. The summed E-state index contributed by atoms with van der Waals surface area (Å²) in [6, 6.07) is 0. The topological polar surface area (TPSA) is 20.3 Å². The Bertz CT molecular complexity index is 286. The Kier molecular flexibility index (Phi) is 5.87. The van der Waals surface area contributed by atoms with E-state index in [0.29, 0.717) is 5.78 Å². The molecular weight excluding hydrogens is 222 g/mol. The van der Waals surface area contributed by atoms with E-state index in [2.05, 4.69) is 16.7 Å². The second-order valence-electron chi connectivity index (χ2n) is 4.60. The molecule has 0 radical (unpaired) electrons.